The lowest BCUT2D eigenvalue weighted by Crippen LogP contribution is -2.35. The highest BCUT2D eigenvalue weighted by Gasteiger charge is 2.35. The van der Waals surface area contributed by atoms with E-state index in [1.165, 1.54) is 16.8 Å². The molecule has 0 bridgehead atoms. The van der Waals surface area contributed by atoms with Crippen molar-refractivity contribution in [3.05, 3.63) is 33.1 Å². The van der Waals surface area contributed by atoms with Crippen molar-refractivity contribution >= 4 is 0 Å². The van der Waals surface area contributed by atoms with Crippen LogP contribution in [0.3, 0.4) is 0 Å². The van der Waals surface area contributed by atoms with Gasteiger partial charge in [-0.1, -0.05) is 0 Å². The second kappa shape index (κ2) is 4.85. The molecule has 1 saturated heterocycles. The molecule has 0 aliphatic carbocycles. The van der Waals surface area contributed by atoms with Gasteiger partial charge in [0.2, 0.25) is 0 Å². The zero-order chi connectivity index (χ0) is 12.4. The first-order valence-corrected chi connectivity index (χ1v) is 5.70. The van der Waals surface area contributed by atoms with E-state index in [4.69, 9.17) is 9.47 Å². The molecule has 3 unspecified atom stereocenters. The molecule has 2 rings (SSSR count). The minimum absolute atomic E-state index is 0.0374. The molecule has 0 saturated carbocycles. The second-order valence-electron chi connectivity index (χ2n) is 4.08. The van der Waals surface area contributed by atoms with E-state index in [9.17, 15) is 9.59 Å². The largest absolute Gasteiger partial charge is 0.374 e. The number of hydrogen-bond acceptors (Lipinski definition) is 4. The molecule has 1 N–H and O–H groups in total. The summed E-state index contributed by atoms with van der Waals surface area (Å²) >= 11 is 0. The molecule has 1 aliphatic rings. The molecule has 3 atom stereocenters. The summed E-state index contributed by atoms with van der Waals surface area (Å²) in [4.78, 5) is 24.9. The van der Waals surface area contributed by atoms with E-state index in [1.54, 1.807) is 0 Å². The van der Waals surface area contributed by atoms with Gasteiger partial charge < -0.3 is 9.47 Å². The Kier molecular flexibility index (Phi) is 3.44. The molecule has 1 aliphatic heterocycles. The fourth-order valence-corrected chi connectivity index (χ4v) is 2.06. The van der Waals surface area contributed by atoms with Crippen LogP contribution in [0.15, 0.2) is 21.9 Å². The third-order valence-electron chi connectivity index (χ3n) is 2.76. The maximum atomic E-state index is 11.7. The number of ether oxygens (including phenoxy) is 2. The van der Waals surface area contributed by atoms with Crippen molar-refractivity contribution < 1.29 is 9.47 Å². The minimum Gasteiger partial charge on any atom is -0.374 e. The Morgan fingerprint density at radius 2 is 2.35 bits per heavy atom. The van der Waals surface area contributed by atoms with Crippen molar-refractivity contribution in [1.29, 1.82) is 0 Å². The van der Waals surface area contributed by atoms with E-state index in [0.717, 1.165) is 6.42 Å². The third-order valence-corrected chi connectivity index (χ3v) is 2.76. The molecule has 0 amide bonds. The summed E-state index contributed by atoms with van der Waals surface area (Å²) in [5, 5.41) is 0. The summed E-state index contributed by atoms with van der Waals surface area (Å²) in [6.07, 6.45) is 1.60. The second-order valence-corrected chi connectivity index (χ2v) is 4.08. The molecule has 17 heavy (non-hydrogen) atoms. The Balaban J connectivity index is 2.31. The standard InChI is InChI=1S/C11H16N2O4/c1-3-16-8-6-7(2)17-10(8)13-5-4-9(14)12-11(13)15/h4-5,7-8,10H,3,6H2,1-2H3,(H,12,14,15). The van der Waals surface area contributed by atoms with Crippen LogP contribution in [0.1, 0.15) is 26.5 Å². The Hall–Kier alpha value is -1.40. The average molecular weight is 240 g/mol. The van der Waals surface area contributed by atoms with Crippen molar-refractivity contribution in [2.24, 2.45) is 0 Å². The summed E-state index contributed by atoms with van der Waals surface area (Å²) in [5.41, 5.74) is -0.883. The molecule has 2 heterocycles. The lowest BCUT2D eigenvalue weighted by molar-refractivity contribution is -0.0592. The van der Waals surface area contributed by atoms with Crippen LogP contribution in [0.4, 0.5) is 0 Å². The molecule has 0 spiro atoms. The van der Waals surface area contributed by atoms with Crippen molar-refractivity contribution in [1.82, 2.24) is 9.55 Å². The van der Waals surface area contributed by atoms with Gasteiger partial charge in [0.05, 0.1) is 6.10 Å². The van der Waals surface area contributed by atoms with Crippen molar-refractivity contribution in [3.63, 3.8) is 0 Å². The van der Waals surface area contributed by atoms with Crippen molar-refractivity contribution in [3.8, 4) is 0 Å². The number of aromatic amines is 1. The van der Waals surface area contributed by atoms with Crippen molar-refractivity contribution in [2.45, 2.75) is 38.7 Å². The number of H-pyrrole nitrogens is 1. The maximum Gasteiger partial charge on any atom is 0.330 e. The average Bonchev–Trinajstić information content (AvgIpc) is 2.60. The zero-order valence-corrected chi connectivity index (χ0v) is 9.88. The van der Waals surface area contributed by atoms with Crippen LogP contribution in [0.25, 0.3) is 0 Å². The monoisotopic (exact) mass is 240 g/mol. The van der Waals surface area contributed by atoms with E-state index >= 15 is 0 Å². The molecule has 6 nitrogen and oxygen atoms in total. The predicted octanol–water partition coefficient (Wildman–Crippen LogP) is 0.249. The molecule has 1 aromatic heterocycles. The summed E-state index contributed by atoms with van der Waals surface area (Å²) < 4.78 is 12.6. The molecule has 0 radical (unpaired) electrons. The highest BCUT2D eigenvalue weighted by molar-refractivity contribution is 4.88. The summed E-state index contributed by atoms with van der Waals surface area (Å²) in [5.74, 6) is 0. The molecule has 6 heteroatoms. The lowest BCUT2D eigenvalue weighted by Gasteiger charge is -2.20. The van der Waals surface area contributed by atoms with Gasteiger partial charge in [0.1, 0.15) is 6.10 Å². The molecule has 1 fully saturated rings. The van der Waals surface area contributed by atoms with Gasteiger partial charge in [-0.3, -0.25) is 14.3 Å². The van der Waals surface area contributed by atoms with Gasteiger partial charge in [-0.25, -0.2) is 4.79 Å². The normalized spacial score (nSPS) is 28.5. The fourth-order valence-electron chi connectivity index (χ4n) is 2.06. The minimum atomic E-state index is -0.471. The van der Waals surface area contributed by atoms with E-state index in [-0.39, 0.29) is 12.2 Å². The molecular weight excluding hydrogens is 224 g/mol. The van der Waals surface area contributed by atoms with Gasteiger partial charge in [-0.05, 0) is 13.8 Å². The Bertz CT molecular complexity index is 493. The van der Waals surface area contributed by atoms with E-state index < -0.39 is 17.5 Å². The third kappa shape index (κ3) is 2.48. The van der Waals surface area contributed by atoms with Crippen LogP contribution in [-0.2, 0) is 9.47 Å². The Morgan fingerprint density at radius 1 is 1.59 bits per heavy atom. The van der Waals surface area contributed by atoms with Crippen LogP contribution in [0.5, 0.6) is 0 Å². The smallest absolute Gasteiger partial charge is 0.330 e. The first-order valence-electron chi connectivity index (χ1n) is 5.70. The summed E-state index contributed by atoms with van der Waals surface area (Å²) in [6.45, 7) is 4.40. The van der Waals surface area contributed by atoms with Gasteiger partial charge in [-0.2, -0.15) is 0 Å². The summed E-state index contributed by atoms with van der Waals surface area (Å²) in [7, 11) is 0. The van der Waals surface area contributed by atoms with Gasteiger partial charge >= 0.3 is 5.69 Å². The Morgan fingerprint density at radius 3 is 3.00 bits per heavy atom. The lowest BCUT2D eigenvalue weighted by atomic mass is 10.2. The number of hydrogen-bond donors (Lipinski definition) is 1. The predicted molar refractivity (Wildman–Crippen MR) is 60.9 cm³/mol. The zero-order valence-electron chi connectivity index (χ0n) is 9.88. The van der Waals surface area contributed by atoms with Gasteiger partial charge in [0.25, 0.3) is 5.56 Å². The van der Waals surface area contributed by atoms with Gasteiger partial charge in [-0.15, -0.1) is 0 Å². The van der Waals surface area contributed by atoms with Crippen molar-refractivity contribution in [2.75, 3.05) is 6.61 Å². The highest BCUT2D eigenvalue weighted by atomic mass is 16.6. The van der Waals surface area contributed by atoms with Crippen LogP contribution in [0.2, 0.25) is 0 Å². The molecule has 94 valence electrons. The van der Waals surface area contributed by atoms with E-state index in [1.807, 2.05) is 13.8 Å². The summed E-state index contributed by atoms with van der Waals surface area (Å²) in [6, 6.07) is 1.30. The topological polar surface area (TPSA) is 73.3 Å². The van der Waals surface area contributed by atoms with Crippen LogP contribution in [0, 0.1) is 0 Å². The Labute approximate surface area is 98.2 Å². The molecule has 1 aromatic rings. The first kappa shape index (κ1) is 12.1. The number of nitrogens with one attached hydrogen (secondary N) is 1. The number of aromatic nitrogens is 2. The first-order chi connectivity index (χ1) is 8.11. The van der Waals surface area contributed by atoms with E-state index in [2.05, 4.69) is 4.98 Å². The maximum absolute atomic E-state index is 11.7. The molecule has 0 aromatic carbocycles. The fraction of sp³-hybridized carbons (Fsp3) is 0.636. The SMILES string of the molecule is CCOC1CC(C)OC1n1ccc(=O)[nH]c1=O. The van der Waals surface area contributed by atoms with Gasteiger partial charge in [0, 0.05) is 25.3 Å². The van der Waals surface area contributed by atoms with E-state index in [0.29, 0.717) is 6.61 Å². The number of rotatable bonds is 3. The molecular formula is C11H16N2O4. The quantitative estimate of drug-likeness (QED) is 0.822. The van der Waals surface area contributed by atoms with Crippen LogP contribution in [-0.4, -0.2) is 28.4 Å². The van der Waals surface area contributed by atoms with Crippen LogP contribution < -0.4 is 11.2 Å². The highest BCUT2D eigenvalue weighted by Crippen LogP contribution is 2.29. The van der Waals surface area contributed by atoms with Crippen LogP contribution >= 0.6 is 0 Å². The van der Waals surface area contributed by atoms with Gasteiger partial charge in [0.15, 0.2) is 6.23 Å². The number of nitrogens with zero attached hydrogens (tertiary/aromatic N) is 1.